The van der Waals surface area contributed by atoms with Crippen LogP contribution < -0.4 is 5.73 Å². The third-order valence-corrected chi connectivity index (χ3v) is 3.64. The zero-order valence-corrected chi connectivity index (χ0v) is 10.7. The molecule has 0 saturated carbocycles. The number of piperidine rings is 1. The Morgan fingerprint density at radius 2 is 2.33 bits per heavy atom. The van der Waals surface area contributed by atoms with Crippen LogP contribution in [0, 0.1) is 24.1 Å². The maximum atomic E-state index is 13.0. The first-order valence-corrected chi connectivity index (χ1v) is 6.37. The predicted molar refractivity (Wildman–Crippen MR) is 71.1 cm³/mol. The van der Waals surface area contributed by atoms with Crippen LogP contribution in [-0.2, 0) is 6.54 Å². The third kappa shape index (κ3) is 3.07. The van der Waals surface area contributed by atoms with E-state index in [1.165, 1.54) is 6.07 Å². The van der Waals surface area contributed by atoms with Crippen LogP contribution in [0.2, 0.25) is 0 Å². The normalized spacial score (nSPS) is 20.9. The van der Waals surface area contributed by atoms with Gasteiger partial charge < -0.3 is 5.73 Å². The van der Waals surface area contributed by atoms with Crippen molar-refractivity contribution in [2.24, 2.45) is 11.7 Å². The molecule has 3 nitrogen and oxygen atoms in total. The predicted octanol–water partition coefficient (Wildman–Crippen LogP) is 2.28. The van der Waals surface area contributed by atoms with Crippen LogP contribution in [0.3, 0.4) is 0 Å². The number of aryl methyl sites for hydroxylation is 1. The molecule has 2 rings (SSSR count). The molecular weight excluding hydrogens is 229 g/mol. The molecule has 3 N–H and O–H groups in total. The molecule has 0 aromatic heterocycles. The van der Waals surface area contributed by atoms with Crippen molar-refractivity contribution in [1.29, 1.82) is 5.41 Å². The number of amidine groups is 1. The molecule has 98 valence electrons. The summed E-state index contributed by atoms with van der Waals surface area (Å²) in [5.41, 5.74) is 7.72. The Labute approximate surface area is 107 Å². The summed E-state index contributed by atoms with van der Waals surface area (Å²) < 4.78 is 13.0. The van der Waals surface area contributed by atoms with Gasteiger partial charge in [0.15, 0.2) is 0 Å². The Hall–Kier alpha value is -1.42. The van der Waals surface area contributed by atoms with Gasteiger partial charge >= 0.3 is 0 Å². The smallest absolute Gasteiger partial charge is 0.123 e. The molecule has 18 heavy (non-hydrogen) atoms. The highest BCUT2D eigenvalue weighted by Crippen LogP contribution is 2.20. The van der Waals surface area contributed by atoms with Crippen LogP contribution in [0.4, 0.5) is 4.39 Å². The summed E-state index contributed by atoms with van der Waals surface area (Å²) in [6, 6.07) is 4.93. The minimum Gasteiger partial charge on any atom is -0.387 e. The molecule has 1 saturated heterocycles. The standard InChI is InChI=1S/C14H20FN3/c1-10-7-13(15)5-4-11(10)8-18-6-2-3-12(9-18)14(16)17/h4-5,7,12H,2-3,6,8-9H2,1H3,(H3,16,17). The van der Waals surface area contributed by atoms with Gasteiger partial charge in [-0.15, -0.1) is 0 Å². The maximum absolute atomic E-state index is 13.0. The van der Waals surface area contributed by atoms with Crippen LogP contribution >= 0.6 is 0 Å². The molecule has 1 fully saturated rings. The van der Waals surface area contributed by atoms with Crippen molar-refractivity contribution in [2.75, 3.05) is 13.1 Å². The lowest BCUT2D eigenvalue weighted by Crippen LogP contribution is -2.40. The highest BCUT2D eigenvalue weighted by atomic mass is 19.1. The zero-order chi connectivity index (χ0) is 13.1. The summed E-state index contributed by atoms with van der Waals surface area (Å²) in [5.74, 6) is 0.284. The lowest BCUT2D eigenvalue weighted by atomic mass is 9.96. The molecule has 1 atom stereocenters. The van der Waals surface area contributed by atoms with Gasteiger partial charge in [0.1, 0.15) is 5.82 Å². The molecule has 0 radical (unpaired) electrons. The second-order valence-corrected chi connectivity index (χ2v) is 5.10. The minimum atomic E-state index is -0.184. The van der Waals surface area contributed by atoms with E-state index < -0.39 is 0 Å². The molecule has 1 aliphatic rings. The summed E-state index contributed by atoms with van der Waals surface area (Å²) in [6.45, 7) is 4.62. The average molecular weight is 249 g/mol. The van der Waals surface area contributed by atoms with Crippen molar-refractivity contribution in [1.82, 2.24) is 4.90 Å². The fraction of sp³-hybridized carbons (Fsp3) is 0.500. The van der Waals surface area contributed by atoms with Crippen molar-refractivity contribution in [3.63, 3.8) is 0 Å². The van der Waals surface area contributed by atoms with E-state index >= 15 is 0 Å². The minimum absolute atomic E-state index is 0.180. The van der Waals surface area contributed by atoms with Gasteiger partial charge in [-0.1, -0.05) is 6.07 Å². The lowest BCUT2D eigenvalue weighted by Gasteiger charge is -2.32. The van der Waals surface area contributed by atoms with Crippen LogP contribution in [0.5, 0.6) is 0 Å². The fourth-order valence-electron chi connectivity index (χ4n) is 2.53. The first kappa shape index (κ1) is 13.0. The number of hydrogen-bond acceptors (Lipinski definition) is 2. The first-order chi connectivity index (χ1) is 8.56. The average Bonchev–Trinajstić information content (AvgIpc) is 2.33. The second kappa shape index (κ2) is 5.48. The van der Waals surface area contributed by atoms with Crippen molar-refractivity contribution >= 4 is 5.84 Å². The Kier molecular flexibility index (Phi) is 3.97. The number of nitrogens with two attached hydrogens (primary N) is 1. The number of halogens is 1. The van der Waals surface area contributed by atoms with E-state index in [9.17, 15) is 4.39 Å². The van der Waals surface area contributed by atoms with E-state index in [1.54, 1.807) is 6.07 Å². The molecule has 1 aliphatic heterocycles. The van der Waals surface area contributed by atoms with Gasteiger partial charge in [0, 0.05) is 19.0 Å². The molecule has 1 heterocycles. The Balaban J connectivity index is 2.02. The molecule has 0 aliphatic carbocycles. The Morgan fingerprint density at radius 1 is 1.56 bits per heavy atom. The maximum Gasteiger partial charge on any atom is 0.123 e. The van der Waals surface area contributed by atoms with E-state index in [4.69, 9.17) is 11.1 Å². The number of rotatable bonds is 3. The molecule has 4 heteroatoms. The molecule has 1 unspecified atom stereocenters. The van der Waals surface area contributed by atoms with Crippen molar-refractivity contribution in [3.8, 4) is 0 Å². The Morgan fingerprint density at radius 3 is 3.00 bits per heavy atom. The summed E-state index contributed by atoms with van der Waals surface area (Å²) >= 11 is 0. The lowest BCUT2D eigenvalue weighted by molar-refractivity contribution is 0.195. The fourth-order valence-corrected chi connectivity index (χ4v) is 2.53. The highest BCUT2D eigenvalue weighted by Gasteiger charge is 2.22. The van der Waals surface area contributed by atoms with E-state index in [2.05, 4.69) is 4.90 Å². The van der Waals surface area contributed by atoms with Crippen molar-refractivity contribution in [2.45, 2.75) is 26.3 Å². The topological polar surface area (TPSA) is 53.1 Å². The van der Waals surface area contributed by atoms with Crippen LogP contribution in [0.25, 0.3) is 0 Å². The summed E-state index contributed by atoms with van der Waals surface area (Å²) in [6.07, 6.45) is 2.08. The van der Waals surface area contributed by atoms with Crippen LogP contribution in [0.1, 0.15) is 24.0 Å². The number of nitrogens with one attached hydrogen (secondary N) is 1. The number of benzene rings is 1. The largest absolute Gasteiger partial charge is 0.387 e. The summed E-state index contributed by atoms with van der Waals surface area (Å²) in [5, 5.41) is 7.53. The molecule has 0 bridgehead atoms. The second-order valence-electron chi connectivity index (χ2n) is 5.10. The van der Waals surface area contributed by atoms with E-state index in [0.29, 0.717) is 0 Å². The first-order valence-electron chi connectivity index (χ1n) is 6.37. The molecule has 1 aromatic carbocycles. The van der Waals surface area contributed by atoms with Gasteiger partial charge in [-0.2, -0.15) is 0 Å². The molecular formula is C14H20FN3. The van der Waals surface area contributed by atoms with Crippen molar-refractivity contribution < 1.29 is 4.39 Å². The van der Waals surface area contributed by atoms with Gasteiger partial charge in [-0.05, 0) is 49.6 Å². The SMILES string of the molecule is Cc1cc(F)ccc1CN1CCCC(C(=N)N)C1. The number of nitrogens with zero attached hydrogens (tertiary/aromatic N) is 1. The van der Waals surface area contributed by atoms with Gasteiger partial charge in [0.05, 0.1) is 5.84 Å². The molecule has 0 spiro atoms. The van der Waals surface area contributed by atoms with E-state index in [0.717, 1.165) is 43.6 Å². The van der Waals surface area contributed by atoms with Crippen molar-refractivity contribution in [3.05, 3.63) is 35.1 Å². The molecule has 1 aromatic rings. The van der Waals surface area contributed by atoms with Gasteiger partial charge in [0.25, 0.3) is 0 Å². The summed E-state index contributed by atoms with van der Waals surface area (Å²) in [7, 11) is 0. The summed E-state index contributed by atoms with van der Waals surface area (Å²) in [4.78, 5) is 2.30. The zero-order valence-electron chi connectivity index (χ0n) is 10.7. The monoisotopic (exact) mass is 249 g/mol. The van der Waals surface area contributed by atoms with E-state index in [1.807, 2.05) is 13.0 Å². The quantitative estimate of drug-likeness (QED) is 0.638. The van der Waals surface area contributed by atoms with Gasteiger partial charge in [-0.3, -0.25) is 10.3 Å². The number of hydrogen-bond donors (Lipinski definition) is 2. The van der Waals surface area contributed by atoms with E-state index in [-0.39, 0.29) is 17.6 Å². The van der Waals surface area contributed by atoms with Gasteiger partial charge in [-0.25, -0.2) is 4.39 Å². The third-order valence-electron chi connectivity index (χ3n) is 3.64. The number of likely N-dealkylation sites (tertiary alicyclic amines) is 1. The molecule has 0 amide bonds. The van der Waals surface area contributed by atoms with Crippen LogP contribution in [-0.4, -0.2) is 23.8 Å². The van der Waals surface area contributed by atoms with Gasteiger partial charge in [0.2, 0.25) is 0 Å². The Bertz CT molecular complexity index is 445. The highest BCUT2D eigenvalue weighted by molar-refractivity contribution is 5.79. The van der Waals surface area contributed by atoms with Crippen LogP contribution in [0.15, 0.2) is 18.2 Å².